The van der Waals surface area contributed by atoms with Gasteiger partial charge in [-0.2, -0.15) is 26.3 Å². The summed E-state index contributed by atoms with van der Waals surface area (Å²) >= 11 is 0. The van der Waals surface area contributed by atoms with E-state index >= 15 is 0 Å². The minimum absolute atomic E-state index is 0.141. The van der Waals surface area contributed by atoms with Gasteiger partial charge in [0, 0.05) is 18.7 Å². The summed E-state index contributed by atoms with van der Waals surface area (Å²) in [5.74, 6) is -0.651. The Morgan fingerprint density at radius 3 is 2.32 bits per heavy atom. The number of amides is 1. The van der Waals surface area contributed by atoms with E-state index in [0.29, 0.717) is 0 Å². The minimum Gasteiger partial charge on any atom is -0.338 e. The summed E-state index contributed by atoms with van der Waals surface area (Å²) in [6, 6.07) is 0. The molecule has 1 amide bonds. The van der Waals surface area contributed by atoms with Crippen LogP contribution in [-0.2, 0) is 4.79 Å². The summed E-state index contributed by atoms with van der Waals surface area (Å²) in [7, 11) is 0. The van der Waals surface area contributed by atoms with E-state index in [-0.39, 0.29) is 19.5 Å². The molecule has 19 heavy (non-hydrogen) atoms. The Morgan fingerprint density at radius 1 is 1.26 bits per heavy atom. The molecule has 0 aromatic heterocycles. The zero-order valence-electron chi connectivity index (χ0n) is 9.74. The number of carbonyl (C=O) groups is 1. The molecule has 0 bridgehead atoms. The third-order valence-electron chi connectivity index (χ3n) is 2.53. The van der Waals surface area contributed by atoms with Crippen LogP contribution in [0, 0.1) is 0 Å². The largest absolute Gasteiger partial charge is 0.412 e. The summed E-state index contributed by atoms with van der Waals surface area (Å²) < 4.78 is 72.3. The summed E-state index contributed by atoms with van der Waals surface area (Å²) in [4.78, 5) is 12.5. The lowest BCUT2D eigenvalue weighted by Crippen LogP contribution is -2.43. The van der Waals surface area contributed by atoms with E-state index in [1.54, 1.807) is 0 Å². The van der Waals surface area contributed by atoms with Crippen molar-refractivity contribution < 1.29 is 31.1 Å². The predicted octanol–water partition coefficient (Wildman–Crippen LogP) is 1.86. The Hall–Kier alpha value is -1.25. The van der Waals surface area contributed by atoms with Gasteiger partial charge in [-0.05, 0) is 6.42 Å². The number of hydrogen-bond acceptors (Lipinski definition) is 2. The standard InChI is InChI=1S/C10H12F6N2O/c11-9(12,13)6-17-5-8(19)18-3-1-7(2-4-18)10(14,15)16/h1,17H,2-6H2. The Morgan fingerprint density at radius 2 is 1.89 bits per heavy atom. The Balaban J connectivity index is 2.39. The average molecular weight is 290 g/mol. The van der Waals surface area contributed by atoms with Crippen LogP contribution in [0.2, 0.25) is 0 Å². The minimum atomic E-state index is -4.43. The molecule has 0 aromatic carbocycles. The maximum Gasteiger partial charge on any atom is 0.412 e. The van der Waals surface area contributed by atoms with Crippen LogP contribution in [0.3, 0.4) is 0 Å². The molecule has 0 unspecified atom stereocenters. The van der Waals surface area contributed by atoms with E-state index in [0.717, 1.165) is 11.0 Å². The molecule has 0 saturated heterocycles. The first-order valence-electron chi connectivity index (χ1n) is 5.41. The number of rotatable bonds is 3. The van der Waals surface area contributed by atoms with E-state index in [2.05, 4.69) is 0 Å². The van der Waals surface area contributed by atoms with Gasteiger partial charge in [0.25, 0.3) is 0 Å². The van der Waals surface area contributed by atoms with Crippen molar-refractivity contribution in [3.05, 3.63) is 11.6 Å². The number of halogens is 6. The highest BCUT2D eigenvalue weighted by Gasteiger charge is 2.35. The van der Waals surface area contributed by atoms with Crippen molar-refractivity contribution >= 4 is 5.91 Å². The quantitative estimate of drug-likeness (QED) is 0.635. The van der Waals surface area contributed by atoms with Crippen LogP contribution in [-0.4, -0.2) is 49.3 Å². The molecule has 0 spiro atoms. The highest BCUT2D eigenvalue weighted by molar-refractivity contribution is 5.78. The average Bonchev–Trinajstić information content (AvgIpc) is 2.26. The molecule has 3 nitrogen and oxygen atoms in total. The van der Waals surface area contributed by atoms with Crippen molar-refractivity contribution in [2.45, 2.75) is 18.8 Å². The first-order valence-corrected chi connectivity index (χ1v) is 5.41. The second-order valence-electron chi connectivity index (χ2n) is 4.04. The molecule has 1 aliphatic rings. The second-order valence-corrected chi connectivity index (χ2v) is 4.04. The molecular weight excluding hydrogens is 278 g/mol. The van der Waals surface area contributed by atoms with Gasteiger partial charge < -0.3 is 10.2 Å². The van der Waals surface area contributed by atoms with E-state index in [4.69, 9.17) is 0 Å². The van der Waals surface area contributed by atoms with Gasteiger partial charge in [-0.15, -0.1) is 0 Å². The van der Waals surface area contributed by atoms with E-state index < -0.39 is 36.9 Å². The molecule has 0 radical (unpaired) electrons. The van der Waals surface area contributed by atoms with Gasteiger partial charge in [0.15, 0.2) is 0 Å². The van der Waals surface area contributed by atoms with Crippen molar-refractivity contribution in [2.75, 3.05) is 26.2 Å². The highest BCUT2D eigenvalue weighted by Crippen LogP contribution is 2.30. The first kappa shape index (κ1) is 15.8. The lowest BCUT2D eigenvalue weighted by atomic mass is 10.1. The van der Waals surface area contributed by atoms with E-state index in [9.17, 15) is 31.1 Å². The van der Waals surface area contributed by atoms with Crippen LogP contribution in [0.25, 0.3) is 0 Å². The van der Waals surface area contributed by atoms with Crippen molar-refractivity contribution in [3.8, 4) is 0 Å². The molecule has 1 heterocycles. The van der Waals surface area contributed by atoms with Crippen LogP contribution in [0.15, 0.2) is 11.6 Å². The fourth-order valence-corrected chi connectivity index (χ4v) is 1.58. The van der Waals surface area contributed by atoms with Gasteiger partial charge in [-0.1, -0.05) is 6.08 Å². The number of carbonyl (C=O) groups excluding carboxylic acids is 1. The number of nitrogens with zero attached hydrogens (tertiary/aromatic N) is 1. The predicted molar refractivity (Wildman–Crippen MR) is 54.3 cm³/mol. The van der Waals surface area contributed by atoms with E-state index in [1.807, 2.05) is 5.32 Å². The zero-order chi connectivity index (χ0) is 14.7. The summed E-state index contributed by atoms with van der Waals surface area (Å²) in [5.41, 5.74) is -0.709. The molecule has 0 atom stereocenters. The molecular formula is C10H12F6N2O. The first-order chi connectivity index (χ1) is 8.59. The topological polar surface area (TPSA) is 32.3 Å². The van der Waals surface area contributed by atoms with Crippen LogP contribution in [0.5, 0.6) is 0 Å². The van der Waals surface area contributed by atoms with Crippen molar-refractivity contribution in [1.82, 2.24) is 10.2 Å². The maximum absolute atomic E-state index is 12.3. The smallest absolute Gasteiger partial charge is 0.338 e. The summed E-state index contributed by atoms with van der Waals surface area (Å²) in [6.07, 6.45) is -8.30. The zero-order valence-corrected chi connectivity index (χ0v) is 9.74. The number of nitrogens with one attached hydrogen (secondary N) is 1. The Labute approximate surface area is 105 Å². The Kier molecular flexibility index (Phi) is 4.83. The molecule has 0 aliphatic carbocycles. The monoisotopic (exact) mass is 290 g/mol. The van der Waals surface area contributed by atoms with Gasteiger partial charge in [0.05, 0.1) is 13.1 Å². The normalized spacial score (nSPS) is 17.4. The van der Waals surface area contributed by atoms with Crippen LogP contribution < -0.4 is 5.32 Å². The second kappa shape index (κ2) is 5.81. The third-order valence-corrected chi connectivity index (χ3v) is 2.53. The lowest BCUT2D eigenvalue weighted by molar-refractivity contribution is -0.135. The number of hydrogen-bond donors (Lipinski definition) is 1. The van der Waals surface area contributed by atoms with Gasteiger partial charge in [0.1, 0.15) is 0 Å². The fourth-order valence-electron chi connectivity index (χ4n) is 1.58. The molecule has 9 heteroatoms. The van der Waals surface area contributed by atoms with Crippen molar-refractivity contribution in [1.29, 1.82) is 0 Å². The van der Waals surface area contributed by atoms with Crippen LogP contribution >= 0.6 is 0 Å². The highest BCUT2D eigenvalue weighted by atomic mass is 19.4. The van der Waals surface area contributed by atoms with Gasteiger partial charge in [-0.3, -0.25) is 4.79 Å². The SMILES string of the molecule is O=C(CNCC(F)(F)F)N1CC=C(C(F)(F)F)CC1. The third kappa shape index (κ3) is 5.50. The molecule has 0 saturated carbocycles. The molecule has 0 fully saturated rings. The summed E-state index contributed by atoms with van der Waals surface area (Å²) in [6.45, 7) is -2.23. The molecule has 110 valence electrons. The molecule has 1 aliphatic heterocycles. The van der Waals surface area contributed by atoms with Gasteiger partial charge in [0.2, 0.25) is 5.91 Å². The van der Waals surface area contributed by atoms with Crippen LogP contribution in [0.4, 0.5) is 26.3 Å². The van der Waals surface area contributed by atoms with Gasteiger partial charge >= 0.3 is 12.4 Å². The molecule has 1 N–H and O–H groups in total. The maximum atomic E-state index is 12.3. The lowest BCUT2D eigenvalue weighted by Gasteiger charge is -2.27. The molecule has 1 rings (SSSR count). The molecule has 0 aromatic rings. The fraction of sp³-hybridized carbons (Fsp3) is 0.700. The van der Waals surface area contributed by atoms with Crippen LogP contribution in [0.1, 0.15) is 6.42 Å². The van der Waals surface area contributed by atoms with Crippen molar-refractivity contribution in [3.63, 3.8) is 0 Å². The number of alkyl halides is 6. The van der Waals surface area contributed by atoms with Gasteiger partial charge in [-0.25, -0.2) is 0 Å². The van der Waals surface area contributed by atoms with E-state index in [1.165, 1.54) is 0 Å². The Bertz CT molecular complexity index is 360. The van der Waals surface area contributed by atoms with Crippen molar-refractivity contribution in [2.24, 2.45) is 0 Å². The summed E-state index contributed by atoms with van der Waals surface area (Å²) in [5, 5.41) is 1.90.